The molecule has 1 saturated heterocycles. The summed E-state index contributed by atoms with van der Waals surface area (Å²) in [5.41, 5.74) is 0.458. The molecule has 104 valence electrons. The number of hydrogen-bond donors (Lipinski definition) is 0. The van der Waals surface area contributed by atoms with Crippen molar-refractivity contribution >= 4 is 5.78 Å². The van der Waals surface area contributed by atoms with Gasteiger partial charge in [-0.15, -0.1) is 0 Å². The molecule has 0 saturated carbocycles. The first-order valence-corrected chi connectivity index (χ1v) is 6.78. The Hall–Kier alpha value is -1.26. The molecule has 0 radical (unpaired) electrons. The van der Waals surface area contributed by atoms with Crippen LogP contribution in [0.15, 0.2) is 24.3 Å². The Bertz CT molecular complexity index is 436. The quantitative estimate of drug-likeness (QED) is 0.783. The maximum Gasteiger partial charge on any atom is 0.164 e. The summed E-state index contributed by atoms with van der Waals surface area (Å²) in [7, 11) is 0. The predicted octanol–water partition coefficient (Wildman–Crippen LogP) is 2.51. The third-order valence-corrected chi connectivity index (χ3v) is 3.34. The molecule has 1 heterocycles. The van der Waals surface area contributed by atoms with Gasteiger partial charge in [-0.2, -0.15) is 0 Å². The van der Waals surface area contributed by atoms with Crippen molar-refractivity contribution in [3.8, 4) is 0 Å². The van der Waals surface area contributed by atoms with Crippen molar-refractivity contribution in [1.29, 1.82) is 0 Å². The minimum atomic E-state index is -0.359. The van der Waals surface area contributed by atoms with E-state index in [4.69, 9.17) is 4.74 Å². The zero-order valence-electron chi connectivity index (χ0n) is 11.3. The summed E-state index contributed by atoms with van der Waals surface area (Å²) in [5.74, 6) is -0.361. The Balaban J connectivity index is 1.86. The van der Waals surface area contributed by atoms with Crippen LogP contribution in [0, 0.1) is 5.82 Å². The van der Waals surface area contributed by atoms with E-state index in [0.29, 0.717) is 18.5 Å². The fraction of sp³-hybridized carbons (Fsp3) is 0.533. The van der Waals surface area contributed by atoms with E-state index in [-0.39, 0.29) is 17.7 Å². The Morgan fingerprint density at radius 3 is 3.16 bits per heavy atom. The molecule has 1 atom stereocenters. The van der Waals surface area contributed by atoms with Crippen molar-refractivity contribution in [3.63, 3.8) is 0 Å². The van der Waals surface area contributed by atoms with Gasteiger partial charge in [0.2, 0.25) is 0 Å². The molecular formula is C15H20FNO2. The highest BCUT2D eigenvalue weighted by Gasteiger charge is 2.16. The van der Waals surface area contributed by atoms with Gasteiger partial charge in [0.25, 0.3) is 0 Å². The van der Waals surface area contributed by atoms with E-state index >= 15 is 0 Å². The average molecular weight is 265 g/mol. The van der Waals surface area contributed by atoms with Crippen molar-refractivity contribution in [2.45, 2.75) is 25.9 Å². The summed E-state index contributed by atoms with van der Waals surface area (Å²) >= 11 is 0. The molecule has 0 aliphatic carbocycles. The monoisotopic (exact) mass is 265 g/mol. The van der Waals surface area contributed by atoms with E-state index in [1.165, 1.54) is 12.1 Å². The van der Waals surface area contributed by atoms with Gasteiger partial charge in [0.05, 0.1) is 6.10 Å². The van der Waals surface area contributed by atoms with Crippen LogP contribution in [0.3, 0.4) is 0 Å². The lowest BCUT2D eigenvalue weighted by Gasteiger charge is -2.21. The van der Waals surface area contributed by atoms with Gasteiger partial charge in [0, 0.05) is 38.2 Å². The molecule has 1 aromatic carbocycles. The predicted molar refractivity (Wildman–Crippen MR) is 71.8 cm³/mol. The highest BCUT2D eigenvalue weighted by atomic mass is 19.1. The number of hydrogen-bond acceptors (Lipinski definition) is 3. The number of carbonyl (C=O) groups excluding carboxylic acids is 1. The van der Waals surface area contributed by atoms with Crippen LogP contribution in [0.25, 0.3) is 0 Å². The molecule has 3 nitrogen and oxygen atoms in total. The number of nitrogens with zero attached hydrogens (tertiary/aromatic N) is 1. The third-order valence-electron chi connectivity index (χ3n) is 3.34. The first kappa shape index (κ1) is 14.2. The highest BCUT2D eigenvalue weighted by molar-refractivity contribution is 5.96. The third kappa shape index (κ3) is 4.40. The summed E-state index contributed by atoms with van der Waals surface area (Å²) in [6.45, 7) is 5.36. The summed E-state index contributed by atoms with van der Waals surface area (Å²) in [6, 6.07) is 5.89. The van der Waals surface area contributed by atoms with Gasteiger partial charge in [-0.05, 0) is 25.5 Å². The Labute approximate surface area is 113 Å². The van der Waals surface area contributed by atoms with Gasteiger partial charge in [-0.1, -0.05) is 12.1 Å². The fourth-order valence-corrected chi connectivity index (χ4v) is 2.35. The Morgan fingerprint density at radius 1 is 1.53 bits per heavy atom. The topological polar surface area (TPSA) is 29.5 Å². The molecule has 1 unspecified atom stereocenters. The minimum Gasteiger partial charge on any atom is -0.377 e. The van der Waals surface area contributed by atoms with Crippen molar-refractivity contribution in [1.82, 2.24) is 4.90 Å². The van der Waals surface area contributed by atoms with Crippen LogP contribution in [-0.2, 0) is 4.74 Å². The standard InChI is InChI=1S/C15H20FNO2/c1-12-11-17(7-3-9-19-12)8-6-15(18)13-4-2-5-14(16)10-13/h2,4-5,10,12H,3,6-9,11H2,1H3. The average Bonchev–Trinajstić information content (AvgIpc) is 2.60. The summed E-state index contributed by atoms with van der Waals surface area (Å²) in [6.07, 6.45) is 1.64. The zero-order chi connectivity index (χ0) is 13.7. The van der Waals surface area contributed by atoms with Gasteiger partial charge in [0.1, 0.15) is 5.82 Å². The van der Waals surface area contributed by atoms with E-state index in [1.54, 1.807) is 12.1 Å². The first-order chi connectivity index (χ1) is 9.15. The number of ether oxygens (including phenoxy) is 1. The van der Waals surface area contributed by atoms with Crippen molar-refractivity contribution < 1.29 is 13.9 Å². The van der Waals surface area contributed by atoms with Crippen LogP contribution < -0.4 is 0 Å². The Morgan fingerprint density at radius 2 is 2.37 bits per heavy atom. The lowest BCUT2D eigenvalue weighted by atomic mass is 10.1. The van der Waals surface area contributed by atoms with Crippen LogP contribution >= 0.6 is 0 Å². The van der Waals surface area contributed by atoms with E-state index in [1.807, 2.05) is 6.92 Å². The molecule has 1 aromatic rings. The van der Waals surface area contributed by atoms with E-state index in [2.05, 4.69) is 4.90 Å². The molecule has 1 aliphatic heterocycles. The number of carbonyl (C=O) groups is 1. The Kier molecular flexibility index (Phi) is 5.05. The number of halogens is 1. The van der Waals surface area contributed by atoms with Crippen molar-refractivity contribution in [2.75, 3.05) is 26.2 Å². The lowest BCUT2D eigenvalue weighted by Crippen LogP contribution is -2.32. The molecule has 2 rings (SSSR count). The largest absolute Gasteiger partial charge is 0.377 e. The van der Waals surface area contributed by atoms with Crippen LogP contribution in [0.1, 0.15) is 30.1 Å². The van der Waals surface area contributed by atoms with Crippen LogP contribution in [0.4, 0.5) is 4.39 Å². The number of rotatable bonds is 4. The second-order valence-electron chi connectivity index (χ2n) is 5.02. The normalized spacial score (nSPS) is 21.1. The SMILES string of the molecule is CC1CN(CCC(=O)c2cccc(F)c2)CCCO1. The molecule has 4 heteroatoms. The smallest absolute Gasteiger partial charge is 0.164 e. The lowest BCUT2D eigenvalue weighted by molar-refractivity contribution is 0.0668. The second kappa shape index (κ2) is 6.78. The second-order valence-corrected chi connectivity index (χ2v) is 5.02. The minimum absolute atomic E-state index is 0.00248. The molecule has 1 aliphatic rings. The maximum atomic E-state index is 13.0. The first-order valence-electron chi connectivity index (χ1n) is 6.78. The molecular weight excluding hydrogens is 245 g/mol. The highest BCUT2D eigenvalue weighted by Crippen LogP contribution is 2.10. The van der Waals surface area contributed by atoms with Crippen molar-refractivity contribution in [2.24, 2.45) is 0 Å². The molecule has 0 aromatic heterocycles. The van der Waals surface area contributed by atoms with Gasteiger partial charge >= 0.3 is 0 Å². The van der Waals surface area contributed by atoms with Gasteiger partial charge in [0.15, 0.2) is 5.78 Å². The van der Waals surface area contributed by atoms with Gasteiger partial charge in [-0.3, -0.25) is 4.79 Å². The molecule has 0 amide bonds. The summed E-state index contributed by atoms with van der Waals surface area (Å²) in [4.78, 5) is 14.2. The van der Waals surface area contributed by atoms with Gasteiger partial charge < -0.3 is 9.64 Å². The van der Waals surface area contributed by atoms with E-state index < -0.39 is 0 Å². The van der Waals surface area contributed by atoms with Crippen LogP contribution in [0.2, 0.25) is 0 Å². The summed E-state index contributed by atoms with van der Waals surface area (Å²) < 4.78 is 18.6. The molecule has 0 spiro atoms. The maximum absolute atomic E-state index is 13.0. The van der Waals surface area contributed by atoms with Crippen LogP contribution in [-0.4, -0.2) is 43.0 Å². The zero-order valence-corrected chi connectivity index (χ0v) is 11.3. The van der Waals surface area contributed by atoms with Crippen molar-refractivity contribution in [3.05, 3.63) is 35.6 Å². The van der Waals surface area contributed by atoms with E-state index in [9.17, 15) is 9.18 Å². The number of benzene rings is 1. The molecule has 0 N–H and O–H groups in total. The van der Waals surface area contributed by atoms with Gasteiger partial charge in [-0.25, -0.2) is 4.39 Å². The number of Topliss-reactive ketones (excluding diaryl/α,β-unsaturated/α-hetero) is 1. The van der Waals surface area contributed by atoms with Crippen LogP contribution in [0.5, 0.6) is 0 Å². The summed E-state index contributed by atoms with van der Waals surface area (Å²) in [5, 5.41) is 0. The molecule has 19 heavy (non-hydrogen) atoms. The number of ketones is 1. The molecule has 1 fully saturated rings. The molecule has 0 bridgehead atoms. The van der Waals surface area contributed by atoms with E-state index in [0.717, 1.165) is 26.1 Å². The fourth-order valence-electron chi connectivity index (χ4n) is 2.35.